The second kappa shape index (κ2) is 71.8. The van der Waals surface area contributed by atoms with Gasteiger partial charge in [-0.25, -0.2) is 0 Å². The summed E-state index contributed by atoms with van der Waals surface area (Å²) in [4.78, 5) is 24.6. The molecule has 0 saturated heterocycles. The predicted molar refractivity (Wildman–Crippen MR) is 361 cm³/mol. The zero-order valence-electron chi connectivity index (χ0n) is 55.8. The van der Waals surface area contributed by atoms with Gasteiger partial charge in [0.1, 0.15) is 0 Å². The topological polar surface area (TPSA) is 95.9 Å². The Morgan fingerprint density at radius 2 is 0.610 bits per heavy atom. The van der Waals surface area contributed by atoms with Gasteiger partial charge in [-0.2, -0.15) is 0 Å². The Bertz CT molecular complexity index is 1280. The number of hydrogen-bond acceptors (Lipinski definition) is 5. The molecule has 0 saturated carbocycles. The number of ether oxygens (including phenoxy) is 1. The molecule has 2 atom stereocenters. The van der Waals surface area contributed by atoms with Crippen LogP contribution in [0.2, 0.25) is 0 Å². The highest BCUT2D eigenvalue weighted by molar-refractivity contribution is 5.76. The van der Waals surface area contributed by atoms with Gasteiger partial charge in [0.05, 0.1) is 25.4 Å². The Balaban J connectivity index is 3.39. The largest absolute Gasteiger partial charge is 0.466 e. The predicted octanol–water partition coefficient (Wildman–Crippen LogP) is 24.5. The van der Waals surface area contributed by atoms with Gasteiger partial charge < -0.3 is 20.3 Å². The minimum absolute atomic E-state index is 0.0159. The summed E-state index contributed by atoms with van der Waals surface area (Å²) in [7, 11) is 0. The molecule has 1 amide bonds. The third-order valence-corrected chi connectivity index (χ3v) is 17.8. The molecule has 0 fully saturated rings. The lowest BCUT2D eigenvalue weighted by molar-refractivity contribution is -0.143. The van der Waals surface area contributed by atoms with E-state index in [4.69, 9.17) is 4.74 Å². The van der Waals surface area contributed by atoms with Crippen LogP contribution in [-0.4, -0.2) is 47.4 Å². The maximum absolute atomic E-state index is 12.6. The van der Waals surface area contributed by atoms with Crippen molar-refractivity contribution in [1.82, 2.24) is 5.32 Å². The molecule has 0 aromatic heterocycles. The lowest BCUT2D eigenvalue weighted by atomic mass is 10.0. The van der Waals surface area contributed by atoms with Crippen molar-refractivity contribution in [2.45, 2.75) is 437 Å². The van der Waals surface area contributed by atoms with Gasteiger partial charge in [0.2, 0.25) is 5.91 Å². The fourth-order valence-electron chi connectivity index (χ4n) is 12.0. The van der Waals surface area contributed by atoms with E-state index in [0.717, 1.165) is 44.9 Å². The molecule has 0 bridgehead atoms. The molecule has 6 heteroatoms. The van der Waals surface area contributed by atoms with E-state index >= 15 is 0 Å². The van der Waals surface area contributed by atoms with Gasteiger partial charge in [0.15, 0.2) is 0 Å². The molecule has 82 heavy (non-hydrogen) atoms. The Labute approximate surface area is 513 Å². The summed E-state index contributed by atoms with van der Waals surface area (Å²) in [6, 6.07) is -0.543. The molecule has 0 aromatic rings. The van der Waals surface area contributed by atoms with Crippen molar-refractivity contribution in [3.8, 4) is 0 Å². The zero-order chi connectivity index (χ0) is 59.2. The number of unbranched alkanes of at least 4 members (excludes halogenated alkanes) is 56. The molecular formula is C76H147NO5. The van der Waals surface area contributed by atoms with Crippen molar-refractivity contribution in [1.29, 1.82) is 0 Å². The van der Waals surface area contributed by atoms with Crippen LogP contribution in [0.25, 0.3) is 0 Å². The number of nitrogens with one attached hydrogen (secondary N) is 1. The first kappa shape index (κ1) is 80.3. The first-order valence-electron chi connectivity index (χ1n) is 37.6. The van der Waals surface area contributed by atoms with Crippen LogP contribution in [0.15, 0.2) is 24.3 Å². The molecule has 486 valence electrons. The van der Waals surface area contributed by atoms with E-state index in [9.17, 15) is 19.8 Å². The Kier molecular flexibility index (Phi) is 70.4. The van der Waals surface area contributed by atoms with Crippen molar-refractivity contribution in [2.75, 3.05) is 13.2 Å². The summed E-state index contributed by atoms with van der Waals surface area (Å²) in [5.74, 6) is -0.0153. The van der Waals surface area contributed by atoms with Gasteiger partial charge in [-0.1, -0.05) is 378 Å². The number of carbonyl (C=O) groups excluding carboxylic acids is 2. The summed E-state index contributed by atoms with van der Waals surface area (Å²) in [5, 5.41) is 23.4. The maximum Gasteiger partial charge on any atom is 0.305 e. The van der Waals surface area contributed by atoms with Gasteiger partial charge in [0, 0.05) is 12.8 Å². The molecular weight excluding hydrogens is 1010 g/mol. The van der Waals surface area contributed by atoms with Gasteiger partial charge in [-0.15, -0.1) is 0 Å². The highest BCUT2D eigenvalue weighted by Crippen LogP contribution is 2.19. The fourth-order valence-corrected chi connectivity index (χ4v) is 12.0. The average Bonchev–Trinajstić information content (AvgIpc) is 3.48. The van der Waals surface area contributed by atoms with Gasteiger partial charge in [-0.3, -0.25) is 9.59 Å². The molecule has 0 aliphatic carbocycles. The normalized spacial score (nSPS) is 12.6. The van der Waals surface area contributed by atoms with Crippen LogP contribution in [0.1, 0.15) is 425 Å². The molecule has 0 aliphatic heterocycles. The summed E-state index contributed by atoms with van der Waals surface area (Å²) in [6.07, 6.45) is 91.0. The minimum atomic E-state index is -0.666. The van der Waals surface area contributed by atoms with Crippen molar-refractivity contribution in [3.05, 3.63) is 24.3 Å². The lowest BCUT2D eigenvalue weighted by Crippen LogP contribution is -2.45. The Morgan fingerprint density at radius 1 is 0.341 bits per heavy atom. The van der Waals surface area contributed by atoms with Crippen LogP contribution in [0.3, 0.4) is 0 Å². The number of aliphatic hydroxyl groups is 2. The van der Waals surface area contributed by atoms with E-state index in [-0.39, 0.29) is 18.5 Å². The summed E-state index contributed by atoms with van der Waals surface area (Å²) < 4.78 is 5.50. The molecule has 0 rings (SSSR count). The second-order valence-corrected chi connectivity index (χ2v) is 26.0. The van der Waals surface area contributed by atoms with Crippen molar-refractivity contribution in [3.63, 3.8) is 0 Å². The lowest BCUT2D eigenvalue weighted by Gasteiger charge is -2.22. The molecule has 0 spiro atoms. The number of rotatable bonds is 71. The van der Waals surface area contributed by atoms with Crippen LogP contribution >= 0.6 is 0 Å². The third-order valence-electron chi connectivity index (χ3n) is 17.8. The Morgan fingerprint density at radius 3 is 0.927 bits per heavy atom. The Hall–Kier alpha value is -1.66. The smallest absolute Gasteiger partial charge is 0.305 e. The first-order valence-corrected chi connectivity index (χ1v) is 37.6. The van der Waals surface area contributed by atoms with Crippen LogP contribution in [0, 0.1) is 0 Å². The summed E-state index contributed by atoms with van der Waals surface area (Å²) in [6.45, 7) is 5.00. The molecule has 6 nitrogen and oxygen atoms in total. The summed E-state index contributed by atoms with van der Waals surface area (Å²) in [5.41, 5.74) is 0. The van der Waals surface area contributed by atoms with Gasteiger partial charge >= 0.3 is 5.97 Å². The van der Waals surface area contributed by atoms with Crippen LogP contribution in [0.5, 0.6) is 0 Å². The number of carbonyl (C=O) groups is 2. The molecule has 0 radical (unpaired) electrons. The quantitative estimate of drug-likeness (QED) is 0.0320. The molecule has 0 aliphatic rings. The zero-order valence-corrected chi connectivity index (χ0v) is 55.8. The highest BCUT2D eigenvalue weighted by atomic mass is 16.5. The van der Waals surface area contributed by atoms with E-state index in [2.05, 4.69) is 43.5 Å². The van der Waals surface area contributed by atoms with Crippen molar-refractivity contribution >= 4 is 11.9 Å². The van der Waals surface area contributed by atoms with Crippen molar-refractivity contribution in [2.24, 2.45) is 0 Å². The monoisotopic (exact) mass is 1150 g/mol. The standard InChI is InChI=1S/C76H147NO5/c1-3-5-7-9-11-13-15-17-19-20-21-31-34-37-41-44-48-52-56-60-64-68-74(79)73(72-78)77-75(80)69-65-61-57-53-49-45-42-38-35-32-29-27-25-23-22-24-26-28-30-33-36-39-43-47-51-55-59-63-67-71-82-76(81)70-66-62-58-54-50-46-40-18-16-14-12-10-8-6-4-2/h22,24,28,30,73-74,78-79H,3-21,23,25-27,29,31-72H2,1-2H3,(H,77,80)/b24-22-,30-28-. The first-order chi connectivity index (χ1) is 40.5. The van der Waals surface area contributed by atoms with E-state index < -0.39 is 12.1 Å². The number of allylic oxidation sites excluding steroid dienone is 4. The maximum atomic E-state index is 12.6. The molecule has 0 aromatic carbocycles. The van der Waals surface area contributed by atoms with E-state index in [1.165, 1.54) is 347 Å². The van der Waals surface area contributed by atoms with Crippen LogP contribution in [0.4, 0.5) is 0 Å². The number of esters is 1. The number of aliphatic hydroxyl groups excluding tert-OH is 2. The molecule has 3 N–H and O–H groups in total. The minimum Gasteiger partial charge on any atom is -0.466 e. The number of hydrogen-bond donors (Lipinski definition) is 3. The average molecular weight is 1160 g/mol. The SMILES string of the molecule is CCCCCCCCCCCCCCCCCCCCCCCC(O)C(CO)NC(=O)CCCCCCCCCCCCCCC/C=C\C/C=C\CCCCCCCCCCCOC(=O)CCCCCCCCCCCCCCCCC. The third kappa shape index (κ3) is 67.5. The van der Waals surface area contributed by atoms with Crippen molar-refractivity contribution < 1.29 is 24.5 Å². The molecule has 0 heterocycles. The second-order valence-electron chi connectivity index (χ2n) is 26.0. The van der Waals surface area contributed by atoms with Crippen LogP contribution < -0.4 is 5.32 Å². The fraction of sp³-hybridized carbons (Fsp3) is 0.921. The van der Waals surface area contributed by atoms with E-state index in [1.54, 1.807) is 0 Å². The van der Waals surface area contributed by atoms with Gasteiger partial charge in [0.25, 0.3) is 0 Å². The molecule has 2 unspecified atom stereocenters. The summed E-state index contributed by atoms with van der Waals surface area (Å²) >= 11 is 0. The van der Waals surface area contributed by atoms with Gasteiger partial charge in [-0.05, 0) is 57.8 Å². The van der Waals surface area contributed by atoms with Crippen LogP contribution in [-0.2, 0) is 14.3 Å². The van der Waals surface area contributed by atoms with E-state index in [0.29, 0.717) is 25.9 Å². The highest BCUT2D eigenvalue weighted by Gasteiger charge is 2.20. The van der Waals surface area contributed by atoms with E-state index in [1.807, 2.05) is 0 Å². The number of amides is 1.